The van der Waals surface area contributed by atoms with Gasteiger partial charge in [0.05, 0.1) is 17.2 Å². The third kappa shape index (κ3) is 6.55. The van der Waals surface area contributed by atoms with Gasteiger partial charge in [-0.3, -0.25) is 9.78 Å². The van der Waals surface area contributed by atoms with Crippen LogP contribution in [0, 0.1) is 18.2 Å². The molecule has 0 aliphatic carbocycles. The number of anilines is 1. The van der Waals surface area contributed by atoms with E-state index >= 15 is 0 Å². The van der Waals surface area contributed by atoms with Crippen molar-refractivity contribution in [1.29, 1.82) is 0 Å². The second kappa shape index (κ2) is 10.7. The smallest absolute Gasteiger partial charge is 0.258 e. The zero-order chi connectivity index (χ0) is 25.0. The number of carbonyl (C=O) groups is 1. The van der Waals surface area contributed by atoms with Crippen LogP contribution in [0.2, 0.25) is 0 Å². The van der Waals surface area contributed by atoms with Crippen LogP contribution >= 0.6 is 0 Å². The summed E-state index contributed by atoms with van der Waals surface area (Å²) in [5.41, 5.74) is 3.52. The van der Waals surface area contributed by atoms with Gasteiger partial charge >= 0.3 is 0 Å². The monoisotopic (exact) mass is 479 g/mol. The van der Waals surface area contributed by atoms with E-state index in [9.17, 15) is 9.18 Å². The fourth-order valence-corrected chi connectivity index (χ4v) is 4.13. The number of amides is 1. The summed E-state index contributed by atoms with van der Waals surface area (Å²) in [5, 5.41) is 7.28. The van der Waals surface area contributed by atoms with Gasteiger partial charge < -0.3 is 20.1 Å². The number of fused-ring (bicyclic) bond motifs is 1. The first kappa shape index (κ1) is 25.1. The summed E-state index contributed by atoms with van der Waals surface area (Å²) >= 11 is 0. The molecule has 7 heteroatoms. The maximum absolute atomic E-state index is 14.7. The molecule has 1 saturated heterocycles. The molecule has 3 aromatic rings. The van der Waals surface area contributed by atoms with Gasteiger partial charge in [-0.2, -0.15) is 0 Å². The van der Waals surface area contributed by atoms with Crippen LogP contribution in [-0.2, 0) is 11.3 Å². The quantitative estimate of drug-likeness (QED) is 0.438. The van der Waals surface area contributed by atoms with Crippen molar-refractivity contribution in [2.24, 2.45) is 5.41 Å². The molecule has 2 N–H and O–H groups in total. The molecule has 1 amide bonds. The zero-order valence-electron chi connectivity index (χ0n) is 20.9. The molecule has 6 nitrogen and oxygen atoms in total. The summed E-state index contributed by atoms with van der Waals surface area (Å²) in [6, 6.07) is 10.2. The highest BCUT2D eigenvalue weighted by Gasteiger charge is 2.18. The summed E-state index contributed by atoms with van der Waals surface area (Å²) in [6.07, 6.45) is 3.85. The van der Waals surface area contributed by atoms with Gasteiger partial charge in [0.2, 0.25) is 0 Å². The summed E-state index contributed by atoms with van der Waals surface area (Å²) in [4.78, 5) is 17.4. The molecule has 1 aliphatic heterocycles. The first-order valence-corrected chi connectivity index (χ1v) is 12.1. The molecule has 0 radical (unpaired) electrons. The van der Waals surface area contributed by atoms with Crippen LogP contribution in [0.3, 0.4) is 0 Å². The van der Waals surface area contributed by atoms with Crippen LogP contribution in [0.1, 0.15) is 55.1 Å². The van der Waals surface area contributed by atoms with E-state index in [2.05, 4.69) is 42.5 Å². The minimum Gasteiger partial charge on any atom is -0.491 e. The first-order valence-electron chi connectivity index (χ1n) is 12.1. The maximum atomic E-state index is 14.7. The molecule has 1 aliphatic rings. The summed E-state index contributed by atoms with van der Waals surface area (Å²) in [5.74, 6) is -0.761. The molecule has 1 atom stereocenters. The number of hydrogen-bond donors (Lipinski definition) is 2. The fourth-order valence-electron chi connectivity index (χ4n) is 4.13. The van der Waals surface area contributed by atoms with Crippen LogP contribution in [0.4, 0.5) is 10.1 Å². The molecule has 0 bridgehead atoms. The number of halogens is 1. The Morgan fingerprint density at radius 2 is 2.06 bits per heavy atom. The second-order valence-electron chi connectivity index (χ2n) is 10.4. The van der Waals surface area contributed by atoms with Crippen LogP contribution in [0.5, 0.6) is 5.75 Å². The van der Waals surface area contributed by atoms with Crippen molar-refractivity contribution in [1.82, 2.24) is 10.3 Å². The average molecular weight is 480 g/mol. The Kier molecular flexibility index (Phi) is 7.67. The van der Waals surface area contributed by atoms with Gasteiger partial charge in [-0.25, -0.2) is 4.39 Å². The number of nitrogens with zero attached hydrogens (tertiary/aromatic N) is 1. The summed E-state index contributed by atoms with van der Waals surface area (Å²) in [7, 11) is 0. The van der Waals surface area contributed by atoms with Gasteiger partial charge in [-0.15, -0.1) is 0 Å². The zero-order valence-corrected chi connectivity index (χ0v) is 20.9. The predicted molar refractivity (Wildman–Crippen MR) is 136 cm³/mol. The lowest BCUT2D eigenvalue weighted by Gasteiger charge is -2.19. The van der Waals surface area contributed by atoms with E-state index in [-0.39, 0.29) is 17.1 Å². The number of benzene rings is 2. The number of pyridine rings is 1. The maximum Gasteiger partial charge on any atom is 0.258 e. The van der Waals surface area contributed by atoms with Crippen LogP contribution < -0.4 is 15.4 Å². The van der Waals surface area contributed by atoms with Crippen molar-refractivity contribution in [2.75, 3.05) is 25.1 Å². The average Bonchev–Trinajstić information content (AvgIpc) is 3.32. The third-order valence-electron chi connectivity index (χ3n) is 6.04. The van der Waals surface area contributed by atoms with Crippen LogP contribution in [0.15, 0.2) is 42.6 Å². The van der Waals surface area contributed by atoms with Crippen molar-refractivity contribution >= 4 is 22.5 Å². The highest BCUT2D eigenvalue weighted by molar-refractivity contribution is 6.06. The molecule has 2 heterocycles. The van der Waals surface area contributed by atoms with E-state index in [0.29, 0.717) is 18.0 Å². The normalized spacial score (nSPS) is 16.0. The predicted octanol–water partition coefficient (Wildman–Crippen LogP) is 5.63. The van der Waals surface area contributed by atoms with E-state index in [0.717, 1.165) is 54.6 Å². The van der Waals surface area contributed by atoms with E-state index in [1.165, 1.54) is 12.1 Å². The standard InChI is InChI=1S/C28H34FN3O3/c1-18-25(10-7-20-12-19(15-31-26(18)20)14-30-17-28(2,3)4)32-27(33)23-9-8-21(13-24(23)29)35-16-22-6-5-11-34-22/h7-10,12-13,15,22,30H,5-6,11,14,16-17H2,1-4H3,(H,32,33)/t22-/m0/s1. The van der Waals surface area contributed by atoms with Crippen LogP contribution in [0.25, 0.3) is 10.9 Å². The molecule has 0 saturated carbocycles. The Bertz CT molecular complexity index is 1200. The van der Waals surface area contributed by atoms with Gasteiger partial charge in [0.1, 0.15) is 18.2 Å². The molecule has 4 rings (SSSR count). The fraction of sp³-hybridized carbons (Fsp3) is 0.429. The van der Waals surface area contributed by atoms with Crippen molar-refractivity contribution in [2.45, 2.75) is 53.2 Å². The van der Waals surface area contributed by atoms with Gasteiger partial charge in [-0.1, -0.05) is 26.8 Å². The van der Waals surface area contributed by atoms with Gasteiger partial charge in [0.15, 0.2) is 0 Å². The Labute approximate surface area is 206 Å². The van der Waals surface area contributed by atoms with Gasteiger partial charge in [0, 0.05) is 43.0 Å². The number of hydrogen-bond acceptors (Lipinski definition) is 5. The largest absolute Gasteiger partial charge is 0.491 e. The van der Waals surface area contributed by atoms with E-state index in [1.807, 2.05) is 25.3 Å². The number of aryl methyl sites for hydroxylation is 1. The SMILES string of the molecule is Cc1c(NC(=O)c2ccc(OC[C@@H]3CCCO3)cc2F)ccc2cc(CNCC(C)(C)C)cnc12. The highest BCUT2D eigenvalue weighted by atomic mass is 19.1. The minimum absolute atomic E-state index is 0.0396. The number of nitrogens with one attached hydrogen (secondary N) is 2. The number of ether oxygens (including phenoxy) is 2. The van der Waals surface area contributed by atoms with E-state index < -0.39 is 11.7 Å². The van der Waals surface area contributed by atoms with E-state index in [1.54, 1.807) is 6.07 Å². The topological polar surface area (TPSA) is 72.5 Å². The molecular formula is C28H34FN3O3. The molecular weight excluding hydrogens is 445 g/mol. The Morgan fingerprint density at radius 1 is 1.23 bits per heavy atom. The molecule has 35 heavy (non-hydrogen) atoms. The molecule has 1 fully saturated rings. The van der Waals surface area contributed by atoms with E-state index in [4.69, 9.17) is 9.47 Å². The Morgan fingerprint density at radius 3 is 2.77 bits per heavy atom. The second-order valence-corrected chi connectivity index (χ2v) is 10.4. The van der Waals surface area contributed by atoms with Crippen molar-refractivity contribution in [3.63, 3.8) is 0 Å². The Hall–Kier alpha value is -3.03. The number of aromatic nitrogens is 1. The van der Waals surface area contributed by atoms with Crippen molar-refractivity contribution in [3.8, 4) is 5.75 Å². The summed E-state index contributed by atoms with van der Waals surface area (Å²) < 4.78 is 25.8. The molecule has 0 unspecified atom stereocenters. The van der Waals surface area contributed by atoms with Crippen molar-refractivity contribution in [3.05, 3.63) is 65.1 Å². The number of carbonyl (C=O) groups excluding carboxylic acids is 1. The van der Waals surface area contributed by atoms with Crippen LogP contribution in [-0.4, -0.2) is 36.8 Å². The molecule has 1 aromatic heterocycles. The lowest BCUT2D eigenvalue weighted by molar-refractivity contribution is 0.0678. The van der Waals surface area contributed by atoms with Crippen molar-refractivity contribution < 1.29 is 18.7 Å². The van der Waals surface area contributed by atoms with Gasteiger partial charge in [-0.05, 0) is 60.6 Å². The van der Waals surface area contributed by atoms with Gasteiger partial charge in [0.25, 0.3) is 5.91 Å². The number of rotatable bonds is 8. The molecule has 0 spiro atoms. The lowest BCUT2D eigenvalue weighted by atomic mass is 9.97. The Balaban J connectivity index is 1.42. The first-order chi connectivity index (χ1) is 16.7. The molecule has 2 aromatic carbocycles. The lowest BCUT2D eigenvalue weighted by Crippen LogP contribution is -2.26. The molecule has 186 valence electrons. The third-order valence-corrected chi connectivity index (χ3v) is 6.04. The highest BCUT2D eigenvalue weighted by Crippen LogP contribution is 2.26. The minimum atomic E-state index is -0.628. The summed E-state index contributed by atoms with van der Waals surface area (Å²) in [6.45, 7) is 11.2.